The van der Waals surface area contributed by atoms with Crippen molar-refractivity contribution in [3.63, 3.8) is 0 Å². The molecule has 3 rings (SSSR count). The molecule has 1 saturated heterocycles. The van der Waals surface area contributed by atoms with Gasteiger partial charge in [0.05, 0.1) is 5.02 Å². The van der Waals surface area contributed by atoms with Gasteiger partial charge < -0.3 is 5.32 Å². The summed E-state index contributed by atoms with van der Waals surface area (Å²) in [4.78, 5) is 6.67. The van der Waals surface area contributed by atoms with E-state index in [1.165, 1.54) is 18.4 Å². The van der Waals surface area contributed by atoms with Gasteiger partial charge in [0.15, 0.2) is 0 Å². The van der Waals surface area contributed by atoms with Gasteiger partial charge in [-0.2, -0.15) is 0 Å². The molecule has 1 saturated carbocycles. The van der Waals surface area contributed by atoms with E-state index in [1.54, 1.807) is 6.20 Å². The van der Waals surface area contributed by atoms with Gasteiger partial charge in [0.25, 0.3) is 0 Å². The summed E-state index contributed by atoms with van der Waals surface area (Å²) in [5, 5.41) is 4.23. The fourth-order valence-corrected chi connectivity index (χ4v) is 2.98. The third kappa shape index (κ3) is 2.46. The number of hydrogen-bond acceptors (Lipinski definition) is 3. The average Bonchev–Trinajstić information content (AvgIpc) is 3.18. The maximum atomic E-state index is 6.31. The number of piperazine rings is 1. The molecule has 2 heterocycles. The number of nitrogens with zero attached hydrogens (tertiary/aromatic N) is 2. The lowest BCUT2D eigenvalue weighted by molar-refractivity contribution is 0.156. The van der Waals surface area contributed by atoms with E-state index in [4.69, 9.17) is 11.6 Å². The number of hydrogen-bond donors (Lipinski definition) is 1. The molecule has 1 atom stereocenters. The zero-order chi connectivity index (χ0) is 11.7. The molecule has 1 aliphatic carbocycles. The lowest BCUT2D eigenvalue weighted by Gasteiger charge is -2.35. The van der Waals surface area contributed by atoms with E-state index in [0.717, 1.165) is 37.1 Å². The molecule has 4 heteroatoms. The largest absolute Gasteiger partial charge is 0.314 e. The topological polar surface area (TPSA) is 28.2 Å². The van der Waals surface area contributed by atoms with E-state index in [2.05, 4.69) is 21.3 Å². The Kier molecular flexibility index (Phi) is 3.32. The molecule has 0 aromatic carbocycles. The summed E-state index contributed by atoms with van der Waals surface area (Å²) in [6.07, 6.45) is 6.31. The van der Waals surface area contributed by atoms with Gasteiger partial charge >= 0.3 is 0 Å². The van der Waals surface area contributed by atoms with Crippen LogP contribution >= 0.6 is 11.6 Å². The van der Waals surface area contributed by atoms with Crippen LogP contribution in [0, 0.1) is 5.92 Å². The number of pyridine rings is 1. The minimum atomic E-state index is 0.507. The highest BCUT2D eigenvalue weighted by Gasteiger charge is 2.37. The quantitative estimate of drug-likeness (QED) is 0.892. The standard InChI is InChI=1S/C13H18ClN3/c14-12-9-16-4-3-11(12)13(10-1-2-10)17-7-5-15-6-8-17/h3-4,9-10,13,15H,1-2,5-8H2/t13-/m1/s1. The summed E-state index contributed by atoms with van der Waals surface area (Å²) < 4.78 is 0. The summed E-state index contributed by atoms with van der Waals surface area (Å²) in [7, 11) is 0. The maximum Gasteiger partial charge on any atom is 0.0637 e. The van der Waals surface area contributed by atoms with Crippen molar-refractivity contribution in [3.8, 4) is 0 Å². The highest BCUT2D eigenvalue weighted by atomic mass is 35.5. The van der Waals surface area contributed by atoms with Crippen LogP contribution in [0.3, 0.4) is 0 Å². The molecule has 1 aliphatic heterocycles. The second kappa shape index (κ2) is 4.92. The second-order valence-corrected chi connectivity index (χ2v) is 5.37. The van der Waals surface area contributed by atoms with Crippen molar-refractivity contribution in [1.82, 2.24) is 15.2 Å². The van der Waals surface area contributed by atoms with Crippen LogP contribution in [0.4, 0.5) is 0 Å². The van der Waals surface area contributed by atoms with Crippen molar-refractivity contribution in [2.45, 2.75) is 18.9 Å². The molecule has 0 unspecified atom stereocenters. The van der Waals surface area contributed by atoms with Crippen LogP contribution in [0.1, 0.15) is 24.4 Å². The lowest BCUT2D eigenvalue weighted by Crippen LogP contribution is -2.45. The molecule has 2 aliphatic rings. The molecule has 1 aromatic heterocycles. The molecule has 92 valence electrons. The second-order valence-electron chi connectivity index (χ2n) is 4.97. The highest BCUT2D eigenvalue weighted by molar-refractivity contribution is 6.31. The Bertz CT molecular complexity index is 386. The third-order valence-electron chi connectivity index (χ3n) is 3.74. The summed E-state index contributed by atoms with van der Waals surface area (Å²) in [6, 6.07) is 2.60. The van der Waals surface area contributed by atoms with Crippen LogP contribution in [-0.4, -0.2) is 36.1 Å². The van der Waals surface area contributed by atoms with Crippen LogP contribution in [0.25, 0.3) is 0 Å². The summed E-state index contributed by atoms with van der Waals surface area (Å²) >= 11 is 6.31. The number of nitrogens with one attached hydrogen (secondary N) is 1. The van der Waals surface area contributed by atoms with E-state index in [-0.39, 0.29) is 0 Å². The van der Waals surface area contributed by atoms with Crippen LogP contribution in [-0.2, 0) is 0 Å². The molecular weight excluding hydrogens is 234 g/mol. The Balaban J connectivity index is 1.86. The van der Waals surface area contributed by atoms with Crippen molar-refractivity contribution < 1.29 is 0 Å². The van der Waals surface area contributed by atoms with Crippen LogP contribution in [0.15, 0.2) is 18.5 Å². The first-order valence-electron chi connectivity index (χ1n) is 6.40. The first-order chi connectivity index (χ1) is 8.36. The van der Waals surface area contributed by atoms with Crippen molar-refractivity contribution in [3.05, 3.63) is 29.0 Å². The molecule has 0 spiro atoms. The Labute approximate surface area is 107 Å². The molecule has 0 radical (unpaired) electrons. The van der Waals surface area contributed by atoms with Crippen molar-refractivity contribution in [1.29, 1.82) is 0 Å². The molecule has 1 N–H and O–H groups in total. The maximum absolute atomic E-state index is 6.31. The number of aromatic nitrogens is 1. The van der Waals surface area contributed by atoms with Gasteiger partial charge in [0.2, 0.25) is 0 Å². The van der Waals surface area contributed by atoms with Crippen LogP contribution < -0.4 is 5.32 Å². The molecule has 0 bridgehead atoms. The van der Waals surface area contributed by atoms with Gasteiger partial charge in [-0.05, 0) is 30.4 Å². The molecule has 2 fully saturated rings. The van der Waals surface area contributed by atoms with Gasteiger partial charge in [-0.15, -0.1) is 0 Å². The predicted octanol–water partition coefficient (Wildman–Crippen LogP) is 2.09. The van der Waals surface area contributed by atoms with E-state index in [9.17, 15) is 0 Å². The summed E-state index contributed by atoms with van der Waals surface area (Å²) in [6.45, 7) is 4.43. The number of halogens is 1. The van der Waals surface area contributed by atoms with Crippen molar-refractivity contribution >= 4 is 11.6 Å². The van der Waals surface area contributed by atoms with Gasteiger partial charge in [-0.3, -0.25) is 9.88 Å². The van der Waals surface area contributed by atoms with E-state index in [0.29, 0.717) is 6.04 Å². The zero-order valence-corrected chi connectivity index (χ0v) is 10.7. The fourth-order valence-electron chi connectivity index (χ4n) is 2.75. The highest BCUT2D eigenvalue weighted by Crippen LogP contribution is 2.46. The predicted molar refractivity (Wildman–Crippen MR) is 69.2 cm³/mol. The molecule has 3 nitrogen and oxygen atoms in total. The molecule has 17 heavy (non-hydrogen) atoms. The molecule has 1 aromatic rings. The minimum absolute atomic E-state index is 0.507. The Hall–Kier alpha value is -0.640. The average molecular weight is 252 g/mol. The van der Waals surface area contributed by atoms with Crippen LogP contribution in [0.5, 0.6) is 0 Å². The smallest absolute Gasteiger partial charge is 0.0637 e. The summed E-state index contributed by atoms with van der Waals surface area (Å²) in [5.74, 6) is 0.799. The fraction of sp³-hybridized carbons (Fsp3) is 0.615. The zero-order valence-electron chi connectivity index (χ0n) is 9.90. The van der Waals surface area contributed by atoms with E-state index < -0.39 is 0 Å². The number of rotatable bonds is 3. The lowest BCUT2D eigenvalue weighted by atomic mass is 10.0. The first kappa shape index (κ1) is 11.5. The monoisotopic (exact) mass is 251 g/mol. The van der Waals surface area contributed by atoms with E-state index in [1.807, 2.05) is 6.20 Å². The SMILES string of the molecule is Clc1cnccc1[C@@H](C1CC1)N1CCNCC1. The van der Waals surface area contributed by atoms with Gasteiger partial charge in [0, 0.05) is 44.6 Å². The molecular formula is C13H18ClN3. The minimum Gasteiger partial charge on any atom is -0.314 e. The third-order valence-corrected chi connectivity index (χ3v) is 4.05. The van der Waals surface area contributed by atoms with Crippen LogP contribution in [0.2, 0.25) is 5.02 Å². The molecule has 0 amide bonds. The van der Waals surface area contributed by atoms with Gasteiger partial charge in [-0.1, -0.05) is 11.6 Å². The first-order valence-corrected chi connectivity index (χ1v) is 6.78. The van der Waals surface area contributed by atoms with Gasteiger partial charge in [-0.25, -0.2) is 0 Å². The Morgan fingerprint density at radius 1 is 1.35 bits per heavy atom. The normalized spacial score (nSPS) is 23.6. The Morgan fingerprint density at radius 3 is 2.76 bits per heavy atom. The summed E-state index contributed by atoms with van der Waals surface area (Å²) in [5.41, 5.74) is 1.27. The van der Waals surface area contributed by atoms with E-state index >= 15 is 0 Å². The Morgan fingerprint density at radius 2 is 2.12 bits per heavy atom. The van der Waals surface area contributed by atoms with Gasteiger partial charge in [0.1, 0.15) is 0 Å². The van der Waals surface area contributed by atoms with Crippen molar-refractivity contribution in [2.24, 2.45) is 5.92 Å². The van der Waals surface area contributed by atoms with Crippen molar-refractivity contribution in [2.75, 3.05) is 26.2 Å².